The van der Waals surface area contributed by atoms with Gasteiger partial charge in [0.15, 0.2) is 5.82 Å². The number of nitrogens with zero attached hydrogens (tertiary/aromatic N) is 3. The van der Waals surface area contributed by atoms with Gasteiger partial charge in [0, 0.05) is 0 Å². The Morgan fingerprint density at radius 1 is 1.47 bits per heavy atom. The lowest BCUT2D eigenvalue weighted by Gasteiger charge is -2.08. The highest BCUT2D eigenvalue weighted by atomic mass is 16.5. The molecular weight excluding hydrogens is 194 g/mol. The van der Waals surface area contributed by atoms with E-state index in [1.165, 1.54) is 0 Å². The number of rotatable bonds is 3. The fraction of sp³-hybridized carbons (Fsp3) is 0.222. The molecule has 15 heavy (non-hydrogen) atoms. The van der Waals surface area contributed by atoms with Crippen LogP contribution in [0.25, 0.3) is 0 Å². The van der Waals surface area contributed by atoms with Crippen molar-refractivity contribution in [3.8, 4) is 5.75 Å². The number of benzene rings is 1. The number of nitrogens with two attached hydrogens (primary N) is 1. The van der Waals surface area contributed by atoms with Crippen molar-refractivity contribution < 1.29 is 4.74 Å². The van der Waals surface area contributed by atoms with Crippen molar-refractivity contribution in [2.45, 2.75) is 6.04 Å². The number of hydrogen-bond donors (Lipinski definition) is 2. The molecule has 3 N–H and O–H groups in total. The van der Waals surface area contributed by atoms with Crippen molar-refractivity contribution in [2.75, 3.05) is 7.11 Å². The maximum Gasteiger partial charge on any atom is 0.195 e. The number of aromatic amines is 1. The summed E-state index contributed by atoms with van der Waals surface area (Å²) in [6, 6.07) is 7.07. The van der Waals surface area contributed by atoms with Crippen LogP contribution in [-0.4, -0.2) is 27.7 Å². The molecule has 0 spiro atoms. The Kier molecular flexibility index (Phi) is 2.59. The number of H-pyrrole nitrogens is 1. The van der Waals surface area contributed by atoms with Gasteiger partial charge < -0.3 is 10.5 Å². The lowest BCUT2D eigenvalue weighted by atomic mass is 10.1. The minimum atomic E-state index is -0.390. The molecule has 0 radical (unpaired) electrons. The van der Waals surface area contributed by atoms with E-state index in [0.717, 1.165) is 11.3 Å². The molecule has 0 aliphatic rings. The van der Waals surface area contributed by atoms with E-state index in [1.807, 2.05) is 24.3 Å². The Morgan fingerprint density at radius 3 is 3.00 bits per heavy atom. The summed E-state index contributed by atoms with van der Waals surface area (Å²) < 4.78 is 5.10. The predicted molar refractivity (Wildman–Crippen MR) is 53.2 cm³/mol. The summed E-state index contributed by atoms with van der Waals surface area (Å²) in [7, 11) is 1.61. The molecule has 0 saturated carbocycles. The molecule has 0 saturated heterocycles. The molecule has 0 fully saturated rings. The van der Waals surface area contributed by atoms with Crippen molar-refractivity contribution in [1.29, 1.82) is 0 Å². The van der Waals surface area contributed by atoms with Crippen LogP contribution in [0.15, 0.2) is 24.3 Å². The van der Waals surface area contributed by atoms with E-state index >= 15 is 0 Å². The largest absolute Gasteiger partial charge is 0.497 e. The minimum Gasteiger partial charge on any atom is -0.497 e. The maximum atomic E-state index is 5.94. The standard InChI is InChI=1S/C9H11N5O/c1-15-7-4-2-3-6(5-7)8(10)9-11-13-14-12-9/h2-5,8H,10H2,1H3,(H,11,12,13,14). The molecule has 0 aliphatic carbocycles. The van der Waals surface area contributed by atoms with E-state index in [1.54, 1.807) is 7.11 Å². The highest BCUT2D eigenvalue weighted by Gasteiger charge is 2.13. The summed E-state index contributed by atoms with van der Waals surface area (Å²) in [4.78, 5) is 0. The Balaban J connectivity index is 2.29. The van der Waals surface area contributed by atoms with Gasteiger partial charge >= 0.3 is 0 Å². The van der Waals surface area contributed by atoms with Gasteiger partial charge in [-0.25, -0.2) is 0 Å². The summed E-state index contributed by atoms with van der Waals surface area (Å²) >= 11 is 0. The van der Waals surface area contributed by atoms with Gasteiger partial charge in [0.1, 0.15) is 5.75 Å². The summed E-state index contributed by atoms with van der Waals surface area (Å²) in [6.45, 7) is 0. The number of tetrazole rings is 1. The third kappa shape index (κ3) is 1.94. The highest BCUT2D eigenvalue weighted by molar-refractivity contribution is 5.32. The molecule has 78 valence electrons. The molecule has 1 atom stereocenters. The summed E-state index contributed by atoms with van der Waals surface area (Å²) in [6.07, 6.45) is 0. The second-order valence-electron chi connectivity index (χ2n) is 3.02. The lowest BCUT2D eigenvalue weighted by Crippen LogP contribution is -2.13. The Morgan fingerprint density at radius 2 is 2.33 bits per heavy atom. The number of methoxy groups -OCH3 is 1. The van der Waals surface area contributed by atoms with Crippen molar-refractivity contribution in [1.82, 2.24) is 20.6 Å². The molecule has 1 heterocycles. The molecule has 1 aromatic carbocycles. The SMILES string of the molecule is COc1cccc(C(N)c2nn[nH]n2)c1. The van der Waals surface area contributed by atoms with Crippen molar-refractivity contribution in [2.24, 2.45) is 5.73 Å². The number of ether oxygens (including phenoxy) is 1. The van der Waals surface area contributed by atoms with Crippen LogP contribution in [0.5, 0.6) is 5.75 Å². The minimum absolute atomic E-state index is 0.390. The molecule has 6 nitrogen and oxygen atoms in total. The van der Waals surface area contributed by atoms with E-state index in [-0.39, 0.29) is 6.04 Å². The number of aromatic nitrogens is 4. The lowest BCUT2D eigenvalue weighted by molar-refractivity contribution is 0.414. The van der Waals surface area contributed by atoms with Crippen LogP contribution in [0.4, 0.5) is 0 Å². The Labute approximate surface area is 86.4 Å². The Bertz CT molecular complexity index is 428. The van der Waals surface area contributed by atoms with Crippen LogP contribution in [0.3, 0.4) is 0 Å². The Hall–Kier alpha value is -1.95. The smallest absolute Gasteiger partial charge is 0.195 e. The van der Waals surface area contributed by atoms with E-state index in [9.17, 15) is 0 Å². The molecule has 1 unspecified atom stereocenters. The second-order valence-corrected chi connectivity index (χ2v) is 3.02. The maximum absolute atomic E-state index is 5.94. The van der Waals surface area contributed by atoms with Gasteiger partial charge in [-0.15, -0.1) is 10.2 Å². The first-order chi connectivity index (χ1) is 7.31. The highest BCUT2D eigenvalue weighted by Crippen LogP contribution is 2.20. The van der Waals surface area contributed by atoms with E-state index < -0.39 is 0 Å². The molecule has 1 aromatic heterocycles. The zero-order valence-electron chi connectivity index (χ0n) is 8.21. The fourth-order valence-electron chi connectivity index (χ4n) is 1.29. The van der Waals surface area contributed by atoms with Crippen molar-refractivity contribution >= 4 is 0 Å². The average molecular weight is 205 g/mol. The quantitative estimate of drug-likeness (QED) is 0.750. The second kappa shape index (κ2) is 4.05. The van der Waals surface area contributed by atoms with Gasteiger partial charge in [0.25, 0.3) is 0 Å². The number of hydrogen-bond acceptors (Lipinski definition) is 5. The third-order valence-electron chi connectivity index (χ3n) is 2.09. The molecule has 0 aliphatic heterocycles. The van der Waals surface area contributed by atoms with Crippen LogP contribution in [-0.2, 0) is 0 Å². The summed E-state index contributed by atoms with van der Waals surface area (Å²) in [5, 5.41) is 13.5. The fourth-order valence-corrected chi connectivity index (χ4v) is 1.29. The van der Waals surface area contributed by atoms with Gasteiger partial charge in [-0.3, -0.25) is 0 Å². The zero-order chi connectivity index (χ0) is 10.7. The van der Waals surface area contributed by atoms with Crippen LogP contribution in [0.2, 0.25) is 0 Å². The molecule has 2 rings (SSSR count). The number of nitrogens with one attached hydrogen (secondary N) is 1. The van der Waals surface area contributed by atoms with Gasteiger partial charge in [-0.2, -0.15) is 5.21 Å². The monoisotopic (exact) mass is 205 g/mol. The first kappa shape index (κ1) is 9.60. The van der Waals surface area contributed by atoms with Gasteiger partial charge in [0.2, 0.25) is 0 Å². The first-order valence-electron chi connectivity index (χ1n) is 4.44. The topological polar surface area (TPSA) is 89.7 Å². The molecule has 2 aromatic rings. The first-order valence-corrected chi connectivity index (χ1v) is 4.44. The molecule has 0 bridgehead atoms. The average Bonchev–Trinajstić information content (AvgIpc) is 2.81. The van der Waals surface area contributed by atoms with Crippen LogP contribution >= 0.6 is 0 Å². The summed E-state index contributed by atoms with van der Waals surface area (Å²) in [5.74, 6) is 1.22. The van der Waals surface area contributed by atoms with Crippen molar-refractivity contribution in [3.63, 3.8) is 0 Å². The molecule has 6 heteroatoms. The predicted octanol–water partition coefficient (Wildman–Crippen LogP) is 0.256. The molecular formula is C9H11N5O. The normalized spacial score (nSPS) is 12.4. The van der Waals surface area contributed by atoms with Crippen LogP contribution in [0.1, 0.15) is 17.4 Å². The van der Waals surface area contributed by atoms with E-state index in [2.05, 4.69) is 20.6 Å². The summed E-state index contributed by atoms with van der Waals surface area (Å²) in [5.41, 5.74) is 6.83. The van der Waals surface area contributed by atoms with Gasteiger partial charge in [0.05, 0.1) is 13.2 Å². The van der Waals surface area contributed by atoms with Crippen LogP contribution in [0, 0.1) is 0 Å². The zero-order valence-corrected chi connectivity index (χ0v) is 8.21. The van der Waals surface area contributed by atoms with E-state index in [0.29, 0.717) is 5.82 Å². The van der Waals surface area contributed by atoms with Crippen molar-refractivity contribution in [3.05, 3.63) is 35.7 Å². The van der Waals surface area contributed by atoms with Crippen LogP contribution < -0.4 is 10.5 Å². The third-order valence-corrected chi connectivity index (χ3v) is 2.09. The van der Waals surface area contributed by atoms with E-state index in [4.69, 9.17) is 10.5 Å². The van der Waals surface area contributed by atoms with Gasteiger partial charge in [-0.05, 0) is 17.7 Å². The van der Waals surface area contributed by atoms with Gasteiger partial charge in [-0.1, -0.05) is 17.3 Å². The molecule has 0 amide bonds.